The summed E-state index contributed by atoms with van der Waals surface area (Å²) < 4.78 is 29.9. The van der Waals surface area contributed by atoms with E-state index in [2.05, 4.69) is 5.32 Å². The van der Waals surface area contributed by atoms with Gasteiger partial charge in [-0.2, -0.15) is 0 Å². The minimum absolute atomic E-state index is 0.363. The fourth-order valence-electron chi connectivity index (χ4n) is 3.55. The Bertz CT molecular complexity index is 1310. The van der Waals surface area contributed by atoms with Gasteiger partial charge in [-0.05, 0) is 54.5 Å². The highest BCUT2D eigenvalue weighted by Gasteiger charge is 2.15. The van der Waals surface area contributed by atoms with Crippen LogP contribution in [0.25, 0.3) is 27.7 Å². The molecule has 0 spiro atoms. The van der Waals surface area contributed by atoms with E-state index < -0.39 is 5.82 Å². The van der Waals surface area contributed by atoms with E-state index in [4.69, 9.17) is 13.9 Å². The van der Waals surface area contributed by atoms with Crippen LogP contribution in [0.1, 0.15) is 12.5 Å². The molecular formula is C26H22FNO4. The van der Waals surface area contributed by atoms with Crippen molar-refractivity contribution in [1.29, 1.82) is 0 Å². The molecule has 1 amide bonds. The van der Waals surface area contributed by atoms with Crippen molar-refractivity contribution in [2.75, 3.05) is 19.5 Å². The summed E-state index contributed by atoms with van der Waals surface area (Å²) in [5.74, 6) is 0.576. The maximum atomic E-state index is 13.4. The van der Waals surface area contributed by atoms with Crippen molar-refractivity contribution in [3.05, 3.63) is 84.4 Å². The molecule has 0 aliphatic heterocycles. The predicted molar refractivity (Wildman–Crippen MR) is 123 cm³/mol. The van der Waals surface area contributed by atoms with Crippen LogP contribution in [0.5, 0.6) is 11.5 Å². The highest BCUT2D eigenvalue weighted by atomic mass is 19.1. The largest absolute Gasteiger partial charge is 0.497 e. The SMILES string of the molecule is COc1ccc(-c2coc3cc(OC)c(/C(C)=C/C(=O)Nc4cccc(F)c4)cc23)cc1. The molecule has 0 aliphatic rings. The molecule has 0 aliphatic carbocycles. The summed E-state index contributed by atoms with van der Waals surface area (Å²) in [6.07, 6.45) is 3.16. The van der Waals surface area contributed by atoms with Gasteiger partial charge in [-0.15, -0.1) is 0 Å². The Kier molecular flexibility index (Phi) is 5.94. The number of carbonyl (C=O) groups is 1. The van der Waals surface area contributed by atoms with Gasteiger partial charge in [0, 0.05) is 34.3 Å². The molecule has 1 N–H and O–H groups in total. The standard InChI is InChI=1S/C26H22FNO4/c1-16(11-26(29)28-19-6-4-5-18(27)12-19)21-13-22-23(15-32-25(22)14-24(21)31-3)17-7-9-20(30-2)10-8-17/h4-15H,1-3H3,(H,28,29)/b16-11+. The molecule has 162 valence electrons. The number of halogens is 1. The smallest absolute Gasteiger partial charge is 0.248 e. The van der Waals surface area contributed by atoms with E-state index in [0.717, 1.165) is 27.8 Å². The lowest BCUT2D eigenvalue weighted by molar-refractivity contribution is -0.111. The zero-order valence-corrected chi connectivity index (χ0v) is 17.9. The van der Waals surface area contributed by atoms with Crippen LogP contribution in [0.15, 0.2) is 77.4 Å². The number of carbonyl (C=O) groups excluding carboxylic acids is 1. The van der Waals surface area contributed by atoms with Crippen molar-refractivity contribution in [1.82, 2.24) is 0 Å². The number of rotatable bonds is 6. The maximum absolute atomic E-state index is 13.4. The summed E-state index contributed by atoms with van der Waals surface area (Å²) in [6.45, 7) is 1.82. The molecule has 0 saturated carbocycles. The van der Waals surface area contributed by atoms with Crippen LogP contribution in [0.2, 0.25) is 0 Å². The Labute approximate surface area is 185 Å². The number of allylic oxidation sites excluding steroid dienone is 1. The van der Waals surface area contributed by atoms with Crippen molar-refractivity contribution in [2.45, 2.75) is 6.92 Å². The third kappa shape index (κ3) is 4.34. The highest BCUT2D eigenvalue weighted by Crippen LogP contribution is 2.37. The molecule has 0 unspecified atom stereocenters. The zero-order chi connectivity index (χ0) is 22.7. The quantitative estimate of drug-likeness (QED) is 0.364. The third-order valence-electron chi connectivity index (χ3n) is 5.16. The molecule has 1 heterocycles. The summed E-state index contributed by atoms with van der Waals surface area (Å²) in [4.78, 5) is 12.5. The average Bonchev–Trinajstić information content (AvgIpc) is 3.21. The third-order valence-corrected chi connectivity index (χ3v) is 5.16. The lowest BCUT2D eigenvalue weighted by atomic mass is 9.99. The Balaban J connectivity index is 1.70. The first-order valence-electron chi connectivity index (χ1n) is 9.97. The van der Waals surface area contributed by atoms with Gasteiger partial charge in [-0.3, -0.25) is 4.79 Å². The van der Waals surface area contributed by atoms with E-state index in [9.17, 15) is 9.18 Å². The van der Waals surface area contributed by atoms with Gasteiger partial charge in [-0.1, -0.05) is 18.2 Å². The van der Waals surface area contributed by atoms with Crippen molar-refractivity contribution in [3.8, 4) is 22.6 Å². The van der Waals surface area contributed by atoms with E-state index in [-0.39, 0.29) is 5.91 Å². The monoisotopic (exact) mass is 431 g/mol. The molecule has 0 saturated heterocycles. The number of anilines is 1. The topological polar surface area (TPSA) is 60.7 Å². The number of benzene rings is 3. The number of furan rings is 1. The van der Waals surface area contributed by atoms with Crippen LogP contribution < -0.4 is 14.8 Å². The molecular weight excluding hydrogens is 409 g/mol. The fourth-order valence-corrected chi connectivity index (χ4v) is 3.55. The number of methoxy groups -OCH3 is 2. The molecule has 0 bridgehead atoms. The first-order valence-corrected chi connectivity index (χ1v) is 9.97. The molecule has 3 aromatic carbocycles. The molecule has 4 aromatic rings. The Hall–Kier alpha value is -4.06. The molecule has 0 radical (unpaired) electrons. The second kappa shape index (κ2) is 8.98. The van der Waals surface area contributed by atoms with E-state index >= 15 is 0 Å². The lowest BCUT2D eigenvalue weighted by Gasteiger charge is -2.10. The van der Waals surface area contributed by atoms with Gasteiger partial charge in [0.05, 0.1) is 20.5 Å². The van der Waals surface area contributed by atoms with Gasteiger partial charge >= 0.3 is 0 Å². The van der Waals surface area contributed by atoms with Gasteiger partial charge in [-0.25, -0.2) is 4.39 Å². The Morgan fingerprint density at radius 3 is 2.50 bits per heavy atom. The van der Waals surface area contributed by atoms with Gasteiger partial charge in [0.2, 0.25) is 5.91 Å². The van der Waals surface area contributed by atoms with Crippen LogP contribution >= 0.6 is 0 Å². The van der Waals surface area contributed by atoms with Crippen LogP contribution in [-0.2, 0) is 4.79 Å². The molecule has 0 atom stereocenters. The van der Waals surface area contributed by atoms with Crippen molar-refractivity contribution >= 4 is 28.1 Å². The van der Waals surface area contributed by atoms with Crippen molar-refractivity contribution in [2.24, 2.45) is 0 Å². The van der Waals surface area contributed by atoms with Gasteiger partial charge < -0.3 is 19.2 Å². The summed E-state index contributed by atoms with van der Waals surface area (Å²) in [5.41, 5.74) is 4.41. The van der Waals surface area contributed by atoms with E-state index in [1.54, 1.807) is 32.6 Å². The molecule has 4 rings (SSSR count). The predicted octanol–water partition coefficient (Wildman–Crippen LogP) is 6.30. The summed E-state index contributed by atoms with van der Waals surface area (Å²) in [5, 5.41) is 3.57. The van der Waals surface area contributed by atoms with Gasteiger partial charge in [0.15, 0.2) is 0 Å². The normalized spacial score (nSPS) is 11.4. The Morgan fingerprint density at radius 2 is 1.81 bits per heavy atom. The summed E-state index contributed by atoms with van der Waals surface area (Å²) in [6, 6.07) is 17.2. The molecule has 5 nitrogen and oxygen atoms in total. The van der Waals surface area contributed by atoms with E-state index in [1.807, 2.05) is 37.3 Å². The summed E-state index contributed by atoms with van der Waals surface area (Å²) >= 11 is 0. The second-order valence-corrected chi connectivity index (χ2v) is 7.25. The van der Waals surface area contributed by atoms with Crippen LogP contribution in [0.4, 0.5) is 10.1 Å². The minimum Gasteiger partial charge on any atom is -0.497 e. The first-order chi connectivity index (χ1) is 15.5. The lowest BCUT2D eigenvalue weighted by Crippen LogP contribution is -2.08. The van der Waals surface area contributed by atoms with Crippen molar-refractivity contribution < 1.29 is 23.1 Å². The van der Waals surface area contributed by atoms with Crippen LogP contribution in [-0.4, -0.2) is 20.1 Å². The zero-order valence-electron chi connectivity index (χ0n) is 17.9. The number of ether oxygens (including phenoxy) is 2. The average molecular weight is 431 g/mol. The van der Waals surface area contributed by atoms with Crippen molar-refractivity contribution in [3.63, 3.8) is 0 Å². The molecule has 1 aromatic heterocycles. The van der Waals surface area contributed by atoms with E-state index in [0.29, 0.717) is 22.6 Å². The highest BCUT2D eigenvalue weighted by molar-refractivity contribution is 6.05. The van der Waals surface area contributed by atoms with Gasteiger partial charge in [0.1, 0.15) is 22.9 Å². The number of fused-ring (bicyclic) bond motifs is 1. The summed E-state index contributed by atoms with van der Waals surface area (Å²) in [7, 11) is 3.19. The maximum Gasteiger partial charge on any atom is 0.248 e. The fraction of sp³-hybridized carbons (Fsp3) is 0.115. The number of nitrogens with one attached hydrogen (secondary N) is 1. The number of hydrogen-bond acceptors (Lipinski definition) is 4. The molecule has 32 heavy (non-hydrogen) atoms. The minimum atomic E-state index is -0.415. The first kappa shape index (κ1) is 21.2. The number of amides is 1. The van der Waals surface area contributed by atoms with E-state index in [1.165, 1.54) is 24.3 Å². The van der Waals surface area contributed by atoms with Crippen LogP contribution in [0, 0.1) is 5.82 Å². The molecule has 6 heteroatoms. The molecule has 0 fully saturated rings. The van der Waals surface area contributed by atoms with Crippen LogP contribution in [0.3, 0.4) is 0 Å². The Morgan fingerprint density at radius 1 is 1.03 bits per heavy atom. The number of hydrogen-bond donors (Lipinski definition) is 1. The second-order valence-electron chi connectivity index (χ2n) is 7.25. The van der Waals surface area contributed by atoms with Gasteiger partial charge in [0.25, 0.3) is 0 Å².